The zero-order valence-electron chi connectivity index (χ0n) is 30.0. The molecule has 12 heteroatoms. The molecule has 0 saturated carbocycles. The van der Waals surface area contributed by atoms with E-state index in [-0.39, 0.29) is 6.61 Å². The van der Waals surface area contributed by atoms with Gasteiger partial charge in [0.2, 0.25) is 40.7 Å². The molecule has 7 nitrogen and oxygen atoms in total. The van der Waals surface area contributed by atoms with E-state index in [0.29, 0.717) is 16.7 Å². The molecule has 0 spiro atoms. The van der Waals surface area contributed by atoms with Gasteiger partial charge < -0.3 is 15.2 Å². The van der Waals surface area contributed by atoms with E-state index in [4.69, 9.17) is 15.2 Å². The Morgan fingerprint density at radius 1 is 0.596 bits per heavy atom. The molecule has 1 unspecified atom stereocenters. The van der Waals surface area contributed by atoms with Crippen LogP contribution in [0.5, 0.6) is 5.75 Å². The highest BCUT2D eigenvalue weighted by Crippen LogP contribution is 2.47. The zero-order chi connectivity index (χ0) is 40.3. The van der Waals surface area contributed by atoms with E-state index >= 15 is 13.6 Å². The first-order chi connectivity index (χ1) is 27.5. The normalized spacial score (nSPS) is 12.6. The van der Waals surface area contributed by atoms with Crippen molar-refractivity contribution in [1.82, 2.24) is 4.90 Å². The minimum Gasteiger partial charge on any atom is -0.448 e. The second-order valence-corrected chi connectivity index (χ2v) is 13.3. The zero-order valence-corrected chi connectivity index (χ0v) is 30.0. The van der Waals surface area contributed by atoms with Gasteiger partial charge in [-0.15, -0.1) is 0 Å². The van der Waals surface area contributed by atoms with Gasteiger partial charge in [-0.25, -0.2) is 22.8 Å². The number of rotatable bonds is 12. The number of esters is 1. The predicted octanol–water partition coefficient (Wildman–Crippen LogP) is 9.16. The highest BCUT2D eigenvalue weighted by molar-refractivity contribution is 5.86. The molecule has 0 aromatic heterocycles. The molecule has 0 radical (unpaired) electrons. The summed E-state index contributed by atoms with van der Waals surface area (Å²) in [7, 11) is 0. The van der Waals surface area contributed by atoms with Crippen molar-refractivity contribution in [2.45, 2.75) is 30.3 Å². The largest absolute Gasteiger partial charge is 0.448 e. The van der Waals surface area contributed by atoms with Gasteiger partial charge in [0.05, 0.1) is 0 Å². The minimum absolute atomic E-state index is 0.257. The van der Waals surface area contributed by atoms with Crippen LogP contribution >= 0.6 is 0 Å². The molecule has 57 heavy (non-hydrogen) atoms. The summed E-state index contributed by atoms with van der Waals surface area (Å²) in [6.45, 7) is -0.257. The van der Waals surface area contributed by atoms with Crippen LogP contribution in [0.1, 0.15) is 46.6 Å². The molecule has 1 aliphatic rings. The molecule has 6 aromatic rings. The molecule has 2 amide bonds. The van der Waals surface area contributed by atoms with Crippen molar-refractivity contribution in [3.05, 3.63) is 196 Å². The lowest BCUT2D eigenvalue weighted by Gasteiger charge is -2.47. The van der Waals surface area contributed by atoms with Gasteiger partial charge in [0.15, 0.2) is 0 Å². The van der Waals surface area contributed by atoms with Gasteiger partial charge >= 0.3 is 12.1 Å². The molecule has 0 fully saturated rings. The van der Waals surface area contributed by atoms with Crippen LogP contribution in [-0.2, 0) is 19.9 Å². The first kappa shape index (κ1) is 38.5. The lowest BCUT2D eigenvalue weighted by atomic mass is 9.74. The standard InChI is InChI=1S/C45H33F5N2O5/c46-37-38(47)40(49)42(41(50)39(37)48)57-43(54)35(24-25-36(51)53)52(44(55)56-26-34-32-22-12-10-20-30(32)31-21-11-13-23-33(31)34)45(27-14-4-1-5-15-27,28-16-6-2-7-17-28)29-18-8-3-9-19-29/h1-23,34-35H,24-26H2,(H2,51,53). The van der Waals surface area contributed by atoms with Gasteiger partial charge in [-0.1, -0.05) is 140 Å². The van der Waals surface area contributed by atoms with Crippen LogP contribution in [0.4, 0.5) is 26.7 Å². The smallest absolute Gasteiger partial charge is 0.411 e. The maximum atomic E-state index is 15.3. The summed E-state index contributed by atoms with van der Waals surface area (Å²) in [5, 5.41) is 0. The number of amides is 2. The number of ether oxygens (including phenoxy) is 2. The Morgan fingerprint density at radius 3 is 1.44 bits per heavy atom. The predicted molar refractivity (Wildman–Crippen MR) is 200 cm³/mol. The Balaban J connectivity index is 1.45. The number of nitrogens with two attached hydrogens (primary N) is 1. The fourth-order valence-corrected chi connectivity index (χ4v) is 7.59. The van der Waals surface area contributed by atoms with Crippen molar-refractivity contribution in [1.29, 1.82) is 0 Å². The number of fused-ring (bicyclic) bond motifs is 3. The van der Waals surface area contributed by atoms with Crippen LogP contribution in [0.3, 0.4) is 0 Å². The Hall–Kier alpha value is -6.82. The van der Waals surface area contributed by atoms with E-state index in [1.165, 1.54) is 0 Å². The molecule has 2 N–H and O–H groups in total. The van der Waals surface area contributed by atoms with Crippen LogP contribution in [0.2, 0.25) is 0 Å². The fourth-order valence-electron chi connectivity index (χ4n) is 7.59. The number of carbonyl (C=O) groups is 3. The van der Waals surface area contributed by atoms with Crippen molar-refractivity contribution >= 4 is 18.0 Å². The maximum absolute atomic E-state index is 15.3. The number of primary amides is 1. The number of halogens is 5. The van der Waals surface area contributed by atoms with Crippen LogP contribution in [0.15, 0.2) is 140 Å². The molecule has 0 saturated heterocycles. The lowest BCUT2D eigenvalue weighted by Crippen LogP contribution is -2.59. The lowest BCUT2D eigenvalue weighted by molar-refractivity contribution is -0.142. The van der Waals surface area contributed by atoms with Gasteiger partial charge in [-0.3, -0.25) is 9.69 Å². The quantitative estimate of drug-likeness (QED) is 0.0334. The summed E-state index contributed by atoms with van der Waals surface area (Å²) in [6, 6.07) is 38.6. The van der Waals surface area contributed by atoms with Crippen molar-refractivity contribution < 1.29 is 45.8 Å². The Kier molecular flexibility index (Phi) is 10.9. The summed E-state index contributed by atoms with van der Waals surface area (Å²) in [5.74, 6) is -16.9. The molecular weight excluding hydrogens is 743 g/mol. The molecule has 0 heterocycles. The Labute approximate surface area is 324 Å². The third-order valence-corrected chi connectivity index (χ3v) is 10.1. The summed E-state index contributed by atoms with van der Waals surface area (Å²) < 4.78 is 84.3. The van der Waals surface area contributed by atoms with Gasteiger partial charge in [0.1, 0.15) is 18.2 Å². The van der Waals surface area contributed by atoms with E-state index in [0.717, 1.165) is 27.2 Å². The van der Waals surface area contributed by atoms with Crippen molar-refractivity contribution in [3.8, 4) is 16.9 Å². The number of nitrogens with zero attached hydrogens (tertiary/aromatic N) is 1. The first-order valence-electron chi connectivity index (χ1n) is 17.9. The van der Waals surface area contributed by atoms with Crippen LogP contribution < -0.4 is 10.5 Å². The molecule has 6 aromatic carbocycles. The number of hydrogen-bond donors (Lipinski definition) is 1. The molecule has 7 rings (SSSR count). The first-order valence-corrected chi connectivity index (χ1v) is 17.9. The van der Waals surface area contributed by atoms with E-state index < -0.39 is 83.1 Å². The highest BCUT2D eigenvalue weighted by Gasteiger charge is 2.51. The summed E-state index contributed by atoms with van der Waals surface area (Å²) in [5.41, 5.74) is 8.50. The molecule has 1 aliphatic carbocycles. The van der Waals surface area contributed by atoms with Crippen LogP contribution in [0, 0.1) is 29.1 Å². The van der Waals surface area contributed by atoms with Crippen molar-refractivity contribution in [2.75, 3.05) is 6.61 Å². The monoisotopic (exact) mass is 776 g/mol. The van der Waals surface area contributed by atoms with Gasteiger partial charge in [-0.05, 0) is 45.4 Å². The third-order valence-electron chi connectivity index (χ3n) is 10.1. The van der Waals surface area contributed by atoms with Crippen molar-refractivity contribution in [3.63, 3.8) is 0 Å². The third kappa shape index (κ3) is 6.99. The number of benzene rings is 6. The van der Waals surface area contributed by atoms with E-state index in [9.17, 15) is 22.8 Å². The Bertz CT molecular complexity index is 2280. The van der Waals surface area contributed by atoms with Gasteiger partial charge in [-0.2, -0.15) is 8.78 Å². The average molecular weight is 777 g/mol. The Morgan fingerprint density at radius 2 is 1.00 bits per heavy atom. The summed E-state index contributed by atoms with van der Waals surface area (Å²) >= 11 is 0. The average Bonchev–Trinajstić information content (AvgIpc) is 3.57. The highest BCUT2D eigenvalue weighted by atomic mass is 19.2. The number of carbonyl (C=O) groups excluding carboxylic acids is 3. The SMILES string of the molecule is NC(=O)CCC(C(=O)Oc1c(F)c(F)c(F)c(F)c1F)N(C(=O)OCC1c2ccccc2-c2ccccc21)C(c1ccccc1)(c1ccccc1)c1ccccc1. The summed E-state index contributed by atoms with van der Waals surface area (Å²) in [4.78, 5) is 43.2. The minimum atomic E-state index is -2.47. The molecule has 0 bridgehead atoms. The second kappa shape index (κ2) is 16.1. The molecule has 288 valence electrons. The van der Waals surface area contributed by atoms with Gasteiger partial charge in [0.25, 0.3) is 0 Å². The second-order valence-electron chi connectivity index (χ2n) is 13.3. The van der Waals surface area contributed by atoms with Crippen LogP contribution in [0.25, 0.3) is 11.1 Å². The van der Waals surface area contributed by atoms with Gasteiger partial charge in [0, 0.05) is 12.3 Å². The van der Waals surface area contributed by atoms with Crippen molar-refractivity contribution in [2.24, 2.45) is 5.73 Å². The van der Waals surface area contributed by atoms with E-state index in [2.05, 4.69) is 0 Å². The maximum Gasteiger partial charge on any atom is 0.411 e. The number of hydrogen-bond acceptors (Lipinski definition) is 5. The topological polar surface area (TPSA) is 98.9 Å². The van der Waals surface area contributed by atoms with E-state index in [1.54, 1.807) is 91.0 Å². The molecule has 0 aliphatic heterocycles. The molecular formula is C45H33F5N2O5. The fraction of sp³-hybridized carbons (Fsp3) is 0.133. The van der Waals surface area contributed by atoms with Crippen LogP contribution in [-0.4, -0.2) is 35.5 Å². The molecule has 1 atom stereocenters. The van der Waals surface area contributed by atoms with E-state index in [1.807, 2.05) is 48.5 Å². The summed E-state index contributed by atoms with van der Waals surface area (Å²) in [6.07, 6.45) is -2.35.